The van der Waals surface area contributed by atoms with E-state index in [4.69, 9.17) is 11.5 Å². The van der Waals surface area contributed by atoms with Gasteiger partial charge in [-0.15, -0.1) is 0 Å². The third kappa shape index (κ3) is 2.78. The van der Waals surface area contributed by atoms with Crippen molar-refractivity contribution in [3.63, 3.8) is 0 Å². The second-order valence-corrected chi connectivity index (χ2v) is 2.93. The van der Waals surface area contributed by atoms with Crippen molar-refractivity contribution in [3.8, 4) is 0 Å². The number of allylic oxidation sites excluding steroid dienone is 1. The quantitative estimate of drug-likeness (QED) is 0.722. The SMILES string of the molecule is CCc1ccc(C/C(N)=C\N)nc1. The van der Waals surface area contributed by atoms with E-state index in [0.717, 1.165) is 12.1 Å². The first-order valence-electron chi connectivity index (χ1n) is 4.36. The van der Waals surface area contributed by atoms with Crippen molar-refractivity contribution in [3.05, 3.63) is 41.5 Å². The Balaban J connectivity index is 2.69. The molecule has 0 aliphatic heterocycles. The van der Waals surface area contributed by atoms with Gasteiger partial charge in [0.25, 0.3) is 0 Å². The van der Waals surface area contributed by atoms with Crippen molar-refractivity contribution in [1.82, 2.24) is 4.98 Å². The molecule has 0 atom stereocenters. The van der Waals surface area contributed by atoms with Crippen molar-refractivity contribution in [2.24, 2.45) is 11.5 Å². The molecule has 4 N–H and O–H groups in total. The Labute approximate surface area is 78.5 Å². The Kier molecular flexibility index (Phi) is 3.31. The summed E-state index contributed by atoms with van der Waals surface area (Å²) in [5, 5.41) is 0. The molecule has 0 aliphatic rings. The molecule has 13 heavy (non-hydrogen) atoms. The molecule has 70 valence electrons. The third-order valence-electron chi connectivity index (χ3n) is 1.89. The zero-order valence-electron chi connectivity index (χ0n) is 7.83. The van der Waals surface area contributed by atoms with Gasteiger partial charge in [0.15, 0.2) is 0 Å². The minimum Gasteiger partial charge on any atom is -0.403 e. The molecule has 1 aromatic heterocycles. The fourth-order valence-corrected chi connectivity index (χ4v) is 1.04. The second-order valence-electron chi connectivity index (χ2n) is 2.93. The predicted molar refractivity (Wildman–Crippen MR) is 53.8 cm³/mol. The largest absolute Gasteiger partial charge is 0.403 e. The Morgan fingerprint density at radius 3 is 2.77 bits per heavy atom. The van der Waals surface area contributed by atoms with Gasteiger partial charge in [0, 0.05) is 30.2 Å². The summed E-state index contributed by atoms with van der Waals surface area (Å²) in [6, 6.07) is 4.04. The molecule has 0 amide bonds. The van der Waals surface area contributed by atoms with Gasteiger partial charge in [0.2, 0.25) is 0 Å². The van der Waals surface area contributed by atoms with Gasteiger partial charge in [0.05, 0.1) is 0 Å². The molecule has 3 heteroatoms. The molecule has 3 nitrogen and oxygen atoms in total. The van der Waals surface area contributed by atoms with E-state index < -0.39 is 0 Å². The minimum atomic E-state index is 0.625. The lowest BCUT2D eigenvalue weighted by Gasteiger charge is -2.01. The molecule has 0 aliphatic carbocycles. The fraction of sp³-hybridized carbons (Fsp3) is 0.300. The summed E-state index contributed by atoms with van der Waals surface area (Å²) >= 11 is 0. The van der Waals surface area contributed by atoms with E-state index in [2.05, 4.69) is 18.0 Å². The molecule has 0 fully saturated rings. The van der Waals surface area contributed by atoms with Crippen LogP contribution in [0.3, 0.4) is 0 Å². The lowest BCUT2D eigenvalue weighted by atomic mass is 10.2. The van der Waals surface area contributed by atoms with Crippen LogP contribution in [0.5, 0.6) is 0 Å². The van der Waals surface area contributed by atoms with Crippen molar-refractivity contribution in [1.29, 1.82) is 0 Å². The number of rotatable bonds is 3. The van der Waals surface area contributed by atoms with Gasteiger partial charge in [-0.1, -0.05) is 13.0 Å². The molecular formula is C10H15N3. The van der Waals surface area contributed by atoms with E-state index in [1.165, 1.54) is 11.8 Å². The van der Waals surface area contributed by atoms with E-state index in [-0.39, 0.29) is 0 Å². The maximum atomic E-state index is 5.57. The summed E-state index contributed by atoms with van der Waals surface area (Å²) in [5.74, 6) is 0. The average molecular weight is 177 g/mol. The monoisotopic (exact) mass is 177 g/mol. The van der Waals surface area contributed by atoms with Gasteiger partial charge in [-0.2, -0.15) is 0 Å². The third-order valence-corrected chi connectivity index (χ3v) is 1.89. The van der Waals surface area contributed by atoms with Crippen LogP contribution in [0.4, 0.5) is 0 Å². The first-order valence-corrected chi connectivity index (χ1v) is 4.36. The van der Waals surface area contributed by atoms with Crippen LogP contribution >= 0.6 is 0 Å². The maximum absolute atomic E-state index is 5.57. The topological polar surface area (TPSA) is 64.9 Å². The number of aromatic nitrogens is 1. The Morgan fingerprint density at radius 1 is 1.54 bits per heavy atom. The van der Waals surface area contributed by atoms with Crippen molar-refractivity contribution in [2.75, 3.05) is 0 Å². The van der Waals surface area contributed by atoms with Crippen molar-refractivity contribution in [2.45, 2.75) is 19.8 Å². The van der Waals surface area contributed by atoms with Crippen LogP contribution in [0.15, 0.2) is 30.2 Å². The Hall–Kier alpha value is -1.51. The van der Waals surface area contributed by atoms with E-state index >= 15 is 0 Å². The standard InChI is InChI=1S/C10H15N3/c1-2-8-3-4-10(13-7-8)5-9(12)6-11/h3-4,6-7H,2,5,11-12H2,1H3/b9-6+. The zero-order valence-corrected chi connectivity index (χ0v) is 7.83. The van der Waals surface area contributed by atoms with Crippen LogP contribution in [0.2, 0.25) is 0 Å². The highest BCUT2D eigenvalue weighted by molar-refractivity contribution is 5.17. The fourth-order valence-electron chi connectivity index (χ4n) is 1.04. The molecule has 0 radical (unpaired) electrons. The van der Waals surface area contributed by atoms with E-state index in [9.17, 15) is 0 Å². The van der Waals surface area contributed by atoms with Gasteiger partial charge in [-0.3, -0.25) is 4.98 Å². The average Bonchev–Trinajstić information content (AvgIpc) is 2.19. The zero-order chi connectivity index (χ0) is 9.68. The van der Waals surface area contributed by atoms with Crippen molar-refractivity contribution >= 4 is 0 Å². The molecule has 0 saturated carbocycles. The van der Waals surface area contributed by atoms with Crippen LogP contribution in [-0.2, 0) is 12.8 Å². The highest BCUT2D eigenvalue weighted by Crippen LogP contribution is 2.03. The molecule has 0 bridgehead atoms. The van der Waals surface area contributed by atoms with Crippen molar-refractivity contribution < 1.29 is 0 Å². The smallest absolute Gasteiger partial charge is 0.0462 e. The Morgan fingerprint density at radius 2 is 2.31 bits per heavy atom. The van der Waals surface area contributed by atoms with Gasteiger partial charge < -0.3 is 11.5 Å². The van der Waals surface area contributed by atoms with Gasteiger partial charge in [-0.05, 0) is 18.1 Å². The van der Waals surface area contributed by atoms with E-state index in [1.807, 2.05) is 12.3 Å². The molecule has 0 saturated heterocycles. The number of nitrogens with two attached hydrogens (primary N) is 2. The Bertz CT molecular complexity index is 288. The predicted octanol–water partition coefficient (Wildman–Crippen LogP) is 0.945. The summed E-state index contributed by atoms with van der Waals surface area (Å²) in [6.07, 6.45) is 4.92. The summed E-state index contributed by atoms with van der Waals surface area (Å²) < 4.78 is 0. The number of hydrogen-bond acceptors (Lipinski definition) is 3. The maximum Gasteiger partial charge on any atom is 0.0462 e. The summed E-state index contributed by atoms with van der Waals surface area (Å²) in [6.45, 7) is 2.10. The molecule has 1 heterocycles. The first kappa shape index (κ1) is 9.58. The molecule has 1 rings (SSSR count). The van der Waals surface area contributed by atoms with Gasteiger partial charge in [-0.25, -0.2) is 0 Å². The second kappa shape index (κ2) is 4.50. The first-order chi connectivity index (χ1) is 6.26. The molecular weight excluding hydrogens is 162 g/mol. The lowest BCUT2D eigenvalue weighted by molar-refractivity contribution is 0.997. The van der Waals surface area contributed by atoms with Crippen LogP contribution in [0, 0.1) is 0 Å². The minimum absolute atomic E-state index is 0.625. The van der Waals surface area contributed by atoms with Crippen LogP contribution in [0.25, 0.3) is 0 Å². The van der Waals surface area contributed by atoms with E-state index in [1.54, 1.807) is 0 Å². The highest BCUT2D eigenvalue weighted by atomic mass is 14.7. The highest BCUT2D eigenvalue weighted by Gasteiger charge is 1.96. The lowest BCUT2D eigenvalue weighted by Crippen LogP contribution is -2.05. The number of aryl methyl sites for hydroxylation is 1. The number of hydrogen-bond donors (Lipinski definition) is 2. The normalized spacial score (nSPS) is 11.6. The van der Waals surface area contributed by atoms with Crippen LogP contribution in [-0.4, -0.2) is 4.98 Å². The van der Waals surface area contributed by atoms with E-state index in [0.29, 0.717) is 12.1 Å². The number of pyridine rings is 1. The van der Waals surface area contributed by atoms with Crippen LogP contribution in [0.1, 0.15) is 18.2 Å². The molecule has 1 aromatic rings. The molecule has 0 unspecified atom stereocenters. The number of nitrogens with zero attached hydrogens (tertiary/aromatic N) is 1. The van der Waals surface area contributed by atoms with Gasteiger partial charge in [0.1, 0.15) is 0 Å². The van der Waals surface area contributed by atoms with Gasteiger partial charge >= 0.3 is 0 Å². The summed E-state index contributed by atoms with van der Waals surface area (Å²) in [7, 11) is 0. The summed E-state index contributed by atoms with van der Waals surface area (Å²) in [5.41, 5.74) is 13.7. The molecule has 0 aromatic carbocycles. The van der Waals surface area contributed by atoms with Crippen LogP contribution < -0.4 is 11.5 Å². The molecule has 0 spiro atoms. The summed E-state index contributed by atoms with van der Waals surface area (Å²) in [4.78, 5) is 4.26.